The lowest BCUT2D eigenvalue weighted by atomic mass is 10.0. The van der Waals surface area contributed by atoms with Gasteiger partial charge in [0.2, 0.25) is 5.95 Å². The van der Waals surface area contributed by atoms with Crippen molar-refractivity contribution in [3.05, 3.63) is 30.0 Å². The summed E-state index contributed by atoms with van der Waals surface area (Å²) in [5.74, 6) is 1.06. The van der Waals surface area contributed by atoms with Crippen molar-refractivity contribution >= 4 is 5.95 Å². The van der Waals surface area contributed by atoms with Gasteiger partial charge in [0.15, 0.2) is 5.60 Å². The highest BCUT2D eigenvalue weighted by Gasteiger charge is 2.59. The zero-order valence-corrected chi connectivity index (χ0v) is 12.8. The highest BCUT2D eigenvalue weighted by Crippen LogP contribution is 2.41. The van der Waals surface area contributed by atoms with Gasteiger partial charge in [-0.15, -0.1) is 10.2 Å². The highest BCUT2D eigenvalue weighted by molar-refractivity contribution is 5.35. The van der Waals surface area contributed by atoms with Crippen LogP contribution in [0.25, 0.3) is 0 Å². The lowest BCUT2D eigenvalue weighted by molar-refractivity contribution is -0.260. The first-order valence-corrected chi connectivity index (χ1v) is 7.12. The number of hydrogen-bond donors (Lipinski definition) is 0. The number of methoxy groups -OCH3 is 1. The molecule has 3 heterocycles. The van der Waals surface area contributed by atoms with E-state index in [1.165, 1.54) is 0 Å². The third-order valence-corrected chi connectivity index (χ3v) is 4.31. The van der Waals surface area contributed by atoms with Gasteiger partial charge in [0.05, 0.1) is 19.1 Å². The van der Waals surface area contributed by atoms with Crippen molar-refractivity contribution in [2.24, 2.45) is 7.05 Å². The molecule has 0 aromatic carbocycles. The van der Waals surface area contributed by atoms with Gasteiger partial charge in [-0.3, -0.25) is 0 Å². The van der Waals surface area contributed by atoms with E-state index in [9.17, 15) is 13.2 Å². The Hall–Kier alpha value is -2.03. The maximum absolute atomic E-state index is 13.3. The van der Waals surface area contributed by atoms with Gasteiger partial charge in [-0.25, -0.2) is 0 Å². The summed E-state index contributed by atoms with van der Waals surface area (Å²) in [5.41, 5.74) is -1.22. The number of halogens is 3. The molecule has 2 aromatic heterocycles. The van der Waals surface area contributed by atoms with Gasteiger partial charge in [0.1, 0.15) is 5.82 Å². The minimum absolute atomic E-state index is 0.128. The molecule has 1 aliphatic heterocycles. The molecule has 23 heavy (non-hydrogen) atoms. The minimum atomic E-state index is -4.42. The van der Waals surface area contributed by atoms with Gasteiger partial charge in [-0.1, -0.05) is 0 Å². The molecule has 1 fully saturated rings. The number of nitrogens with zero attached hydrogens (tertiary/aromatic N) is 4. The normalized spacial score (nSPS) is 22.0. The van der Waals surface area contributed by atoms with Crippen LogP contribution in [0.1, 0.15) is 17.8 Å². The largest absolute Gasteiger partial charge is 0.472 e. The van der Waals surface area contributed by atoms with E-state index in [0.29, 0.717) is 18.2 Å². The van der Waals surface area contributed by atoms with Crippen LogP contribution in [0, 0.1) is 0 Å². The topological polar surface area (TPSA) is 56.3 Å². The zero-order chi connectivity index (χ0) is 16.7. The molecule has 1 aliphatic rings. The van der Waals surface area contributed by atoms with Crippen molar-refractivity contribution in [2.45, 2.75) is 24.6 Å². The molecule has 6 nitrogen and oxygen atoms in total. The van der Waals surface area contributed by atoms with E-state index in [0.717, 1.165) is 12.7 Å². The van der Waals surface area contributed by atoms with E-state index >= 15 is 0 Å². The summed E-state index contributed by atoms with van der Waals surface area (Å²) in [6, 6.07) is 1.81. The second-order valence-electron chi connectivity index (χ2n) is 5.65. The number of furan rings is 1. The molecule has 1 unspecified atom stereocenters. The number of rotatable bonds is 4. The second kappa shape index (κ2) is 5.55. The van der Waals surface area contributed by atoms with E-state index in [-0.39, 0.29) is 19.5 Å². The fourth-order valence-corrected chi connectivity index (χ4v) is 2.82. The van der Waals surface area contributed by atoms with Crippen molar-refractivity contribution in [1.29, 1.82) is 0 Å². The maximum Gasteiger partial charge on any atom is 0.419 e. The Labute approximate surface area is 130 Å². The van der Waals surface area contributed by atoms with Gasteiger partial charge in [0, 0.05) is 33.5 Å². The highest BCUT2D eigenvalue weighted by atomic mass is 19.4. The van der Waals surface area contributed by atoms with Crippen LogP contribution in [0.3, 0.4) is 0 Å². The lowest BCUT2D eigenvalue weighted by Gasteiger charge is -2.30. The number of hydrogen-bond acceptors (Lipinski definition) is 5. The summed E-state index contributed by atoms with van der Waals surface area (Å²) < 4.78 is 51.3. The van der Waals surface area contributed by atoms with E-state index in [1.54, 1.807) is 29.0 Å². The van der Waals surface area contributed by atoms with Crippen LogP contribution in [0.2, 0.25) is 0 Å². The standard InChI is InChI=1S/C14H17F3N4O2/c1-20-11(7-10-3-6-23-8-10)18-19-12(20)21-5-4-13(9-21,22-2)14(15,16)17/h3,6,8H,4-5,7,9H2,1-2H3. The predicted octanol–water partition coefficient (Wildman–Crippen LogP) is 2.16. The Morgan fingerprint density at radius 3 is 2.74 bits per heavy atom. The molecule has 9 heteroatoms. The van der Waals surface area contributed by atoms with E-state index in [4.69, 9.17) is 9.15 Å². The Kier molecular flexibility index (Phi) is 3.83. The fraction of sp³-hybridized carbons (Fsp3) is 0.571. The van der Waals surface area contributed by atoms with Crippen LogP contribution in [-0.4, -0.2) is 46.7 Å². The maximum atomic E-state index is 13.3. The Morgan fingerprint density at radius 1 is 1.39 bits per heavy atom. The lowest BCUT2D eigenvalue weighted by Crippen LogP contribution is -2.49. The van der Waals surface area contributed by atoms with Crippen LogP contribution < -0.4 is 4.90 Å². The average molecular weight is 330 g/mol. The monoisotopic (exact) mass is 330 g/mol. The molecular weight excluding hydrogens is 313 g/mol. The quantitative estimate of drug-likeness (QED) is 0.860. The molecule has 0 aliphatic carbocycles. The van der Waals surface area contributed by atoms with Crippen LogP contribution >= 0.6 is 0 Å². The Morgan fingerprint density at radius 2 is 2.17 bits per heavy atom. The van der Waals surface area contributed by atoms with E-state index in [1.807, 2.05) is 6.07 Å². The predicted molar refractivity (Wildman–Crippen MR) is 75.1 cm³/mol. The van der Waals surface area contributed by atoms with Crippen LogP contribution in [0.15, 0.2) is 23.0 Å². The van der Waals surface area contributed by atoms with Gasteiger partial charge < -0.3 is 18.6 Å². The Balaban J connectivity index is 1.80. The van der Waals surface area contributed by atoms with E-state index in [2.05, 4.69) is 10.2 Å². The first-order valence-electron chi connectivity index (χ1n) is 7.12. The number of ether oxygens (including phenoxy) is 1. The van der Waals surface area contributed by atoms with Crippen LogP contribution in [0.5, 0.6) is 0 Å². The van der Waals surface area contributed by atoms with Crippen LogP contribution in [-0.2, 0) is 18.2 Å². The molecule has 0 amide bonds. The minimum Gasteiger partial charge on any atom is -0.472 e. The molecule has 0 spiro atoms. The van der Waals surface area contributed by atoms with E-state index < -0.39 is 11.8 Å². The van der Waals surface area contributed by atoms with Crippen molar-refractivity contribution < 1.29 is 22.3 Å². The molecule has 0 saturated carbocycles. The molecular formula is C14H17F3N4O2. The molecule has 2 aromatic rings. The molecule has 0 radical (unpaired) electrons. The van der Waals surface area contributed by atoms with Gasteiger partial charge in [-0.2, -0.15) is 13.2 Å². The van der Waals surface area contributed by atoms with Gasteiger partial charge in [-0.05, 0) is 11.6 Å². The number of aromatic nitrogens is 3. The summed E-state index contributed by atoms with van der Waals surface area (Å²) >= 11 is 0. The Bertz CT molecular complexity index is 668. The van der Waals surface area contributed by atoms with Crippen molar-refractivity contribution in [1.82, 2.24) is 14.8 Å². The third kappa shape index (κ3) is 2.69. The fourth-order valence-electron chi connectivity index (χ4n) is 2.82. The van der Waals surface area contributed by atoms with Gasteiger partial charge >= 0.3 is 6.18 Å². The SMILES string of the molecule is COC1(C(F)(F)F)CCN(c2nnc(Cc3ccoc3)n2C)C1. The number of alkyl halides is 3. The van der Waals surface area contributed by atoms with Crippen molar-refractivity contribution in [3.63, 3.8) is 0 Å². The first kappa shape index (κ1) is 15.9. The summed E-state index contributed by atoms with van der Waals surface area (Å²) in [7, 11) is 2.84. The first-order chi connectivity index (χ1) is 10.9. The molecule has 1 saturated heterocycles. The van der Waals surface area contributed by atoms with Gasteiger partial charge in [0.25, 0.3) is 0 Å². The number of anilines is 1. The average Bonchev–Trinajstić information content (AvgIpc) is 3.20. The zero-order valence-electron chi connectivity index (χ0n) is 12.8. The van der Waals surface area contributed by atoms with Crippen LogP contribution in [0.4, 0.5) is 19.1 Å². The molecule has 0 N–H and O–H groups in total. The van der Waals surface area contributed by atoms with Crippen molar-refractivity contribution in [2.75, 3.05) is 25.1 Å². The van der Waals surface area contributed by atoms with Crippen molar-refractivity contribution in [3.8, 4) is 0 Å². The molecule has 1 atom stereocenters. The second-order valence-corrected chi connectivity index (χ2v) is 5.65. The molecule has 3 rings (SSSR count). The summed E-state index contributed by atoms with van der Waals surface area (Å²) in [4.78, 5) is 1.56. The summed E-state index contributed by atoms with van der Waals surface area (Å²) in [5, 5.41) is 8.12. The molecule has 0 bridgehead atoms. The smallest absolute Gasteiger partial charge is 0.419 e. The third-order valence-electron chi connectivity index (χ3n) is 4.31. The molecule has 126 valence electrons. The summed E-state index contributed by atoms with van der Waals surface area (Å²) in [6.07, 6.45) is -0.888. The summed E-state index contributed by atoms with van der Waals surface area (Å²) in [6.45, 7) is -0.0737.